The highest BCUT2D eigenvalue weighted by molar-refractivity contribution is 6.33. The Hall–Kier alpha value is -4.40. The van der Waals surface area contributed by atoms with Crippen LogP contribution in [0.4, 0.5) is 30.7 Å². The summed E-state index contributed by atoms with van der Waals surface area (Å²) in [6, 6.07) is -3.86. The lowest BCUT2D eigenvalue weighted by molar-refractivity contribution is -0.299. The summed E-state index contributed by atoms with van der Waals surface area (Å²) < 4.78 is 101. The van der Waals surface area contributed by atoms with Gasteiger partial charge in [0.05, 0.1) is 13.1 Å². The zero-order valence-electron chi connectivity index (χ0n) is 39.2. The van der Waals surface area contributed by atoms with Crippen LogP contribution >= 0.6 is 23.2 Å². The lowest BCUT2D eigenvalue weighted by atomic mass is 9.64. The van der Waals surface area contributed by atoms with Crippen molar-refractivity contribution in [2.75, 3.05) is 33.2 Å². The van der Waals surface area contributed by atoms with Crippen molar-refractivity contribution in [2.24, 2.45) is 23.2 Å². The van der Waals surface area contributed by atoms with E-state index in [1.807, 2.05) is 0 Å². The predicted molar refractivity (Wildman–Crippen MR) is 241 cm³/mol. The molecular formula is C47H60Cl2F7N7O7. The fourth-order valence-corrected chi connectivity index (χ4v) is 10.8. The maximum absolute atomic E-state index is 15.2. The van der Waals surface area contributed by atoms with E-state index in [0.29, 0.717) is 36.1 Å². The van der Waals surface area contributed by atoms with E-state index in [1.165, 1.54) is 30.1 Å². The number of nitrogens with zero attached hydrogens (tertiary/aromatic N) is 4. The molecule has 3 aliphatic heterocycles. The van der Waals surface area contributed by atoms with E-state index in [9.17, 15) is 50.7 Å². The van der Waals surface area contributed by atoms with Crippen LogP contribution in [0.25, 0.3) is 0 Å². The Kier molecular flexibility index (Phi) is 16.0. The highest BCUT2D eigenvalue weighted by Crippen LogP contribution is 2.61. The van der Waals surface area contributed by atoms with Gasteiger partial charge in [0.2, 0.25) is 41.4 Å². The van der Waals surface area contributed by atoms with Crippen LogP contribution in [0.3, 0.4) is 0 Å². The SMILES string of the molecule is CC(C)C[C@@H]1NC(=O)[C@@H](N(CC2CC2)C(=O)[C@@H](NC(=O)[C@@H]2C[C@@H](F)CN2C(=O)C2(C(F)(F)F)CC(F)(F)C2)C2CC2)CCCCNC(=O)[C@H]2C[C@@H](F)CN2C(=O)[C@H](Cc2cc(Cl)ccc2Cl)N(C)C1=O. The number of carbonyl (C=O) groups is 7. The Bertz CT molecular complexity index is 2190. The first-order valence-electron chi connectivity index (χ1n) is 24.0. The van der Waals surface area contributed by atoms with Crippen LogP contribution in [0.5, 0.6) is 0 Å². The van der Waals surface area contributed by atoms with Gasteiger partial charge in [-0.1, -0.05) is 37.0 Å². The number of rotatable bonds is 12. The van der Waals surface area contributed by atoms with E-state index >= 15 is 13.6 Å². The molecule has 1 aromatic carbocycles. The van der Waals surface area contributed by atoms with Crippen molar-refractivity contribution in [2.45, 2.75) is 158 Å². The maximum atomic E-state index is 15.2. The summed E-state index contributed by atoms with van der Waals surface area (Å²) in [4.78, 5) is 104. The van der Waals surface area contributed by atoms with E-state index in [1.54, 1.807) is 13.8 Å². The summed E-state index contributed by atoms with van der Waals surface area (Å²) in [7, 11) is 1.35. The number of amides is 7. The van der Waals surface area contributed by atoms with Gasteiger partial charge < -0.3 is 35.6 Å². The number of likely N-dealkylation sites (N-methyl/N-ethyl adjacent to an activating group) is 1. The van der Waals surface area contributed by atoms with Crippen LogP contribution in [-0.2, 0) is 40.0 Å². The molecule has 3 saturated heterocycles. The number of hydrogen-bond donors (Lipinski definition) is 3. The molecule has 0 aromatic heterocycles. The van der Waals surface area contributed by atoms with Crippen LogP contribution in [0, 0.1) is 23.2 Å². The number of alkyl halides is 7. The highest BCUT2D eigenvalue weighted by atomic mass is 35.5. The number of carbonyl (C=O) groups excluding carboxylic acids is 7. The molecule has 0 spiro atoms. The van der Waals surface area contributed by atoms with Crippen LogP contribution in [0.1, 0.15) is 96.5 Å². The maximum Gasteiger partial charge on any atom is 0.403 e. The first-order valence-corrected chi connectivity index (χ1v) is 24.8. The molecule has 3 saturated carbocycles. The second kappa shape index (κ2) is 21.0. The molecule has 388 valence electrons. The standard InChI is InChI=1S/C47H60Cl2F7N7O7/c1-24(2)14-32-41(67)60(3)36(16-27-15-28(48)11-12-31(27)49)42(68)62-20-29(50)17-34(62)38(64)57-13-5-4-6-33(39(65)58-32)61(19-25-7-8-25)43(69)37(26-9-10-26)59-40(66)35-18-30(51)21-63(35)44(70)45(47(54,55)56)22-46(52,53)23-45/h11-12,15,24-26,29-30,32-37H,4-10,13-14,16-23H2,1-3H3,(H,57,64)(H,58,65)(H,59,66)/t29-,30-,32+,33+,34-,35+,36+,37+/m1/s1. The Labute approximate surface area is 411 Å². The third kappa shape index (κ3) is 11.8. The van der Waals surface area contributed by atoms with Crippen LogP contribution in [0.15, 0.2) is 18.2 Å². The quantitative estimate of drug-likeness (QED) is 0.231. The number of fused-ring (bicyclic) bond motifs is 1. The number of nitrogens with one attached hydrogen (secondary N) is 3. The monoisotopic (exact) mass is 1040 g/mol. The molecule has 0 unspecified atom stereocenters. The molecule has 0 radical (unpaired) electrons. The van der Waals surface area contributed by atoms with Gasteiger partial charge in [0.25, 0.3) is 5.92 Å². The van der Waals surface area contributed by atoms with Gasteiger partial charge in [-0.3, -0.25) is 33.6 Å². The third-order valence-electron chi connectivity index (χ3n) is 14.5. The summed E-state index contributed by atoms with van der Waals surface area (Å²) in [5.41, 5.74) is -3.15. The van der Waals surface area contributed by atoms with Crippen molar-refractivity contribution in [1.82, 2.24) is 35.6 Å². The van der Waals surface area contributed by atoms with E-state index in [2.05, 4.69) is 16.0 Å². The summed E-state index contributed by atoms with van der Waals surface area (Å²) in [5, 5.41) is 8.68. The van der Waals surface area contributed by atoms with Gasteiger partial charge in [0.15, 0.2) is 5.41 Å². The van der Waals surface area contributed by atoms with E-state index in [0.717, 1.165) is 9.80 Å². The van der Waals surface area contributed by atoms with E-state index in [4.69, 9.17) is 23.2 Å². The Morgan fingerprint density at radius 2 is 1.59 bits per heavy atom. The molecule has 6 aliphatic rings. The fraction of sp³-hybridized carbons (Fsp3) is 0.723. The summed E-state index contributed by atoms with van der Waals surface area (Å²) in [5.74, 6) is -11.2. The first kappa shape index (κ1) is 53.4. The van der Waals surface area contributed by atoms with Gasteiger partial charge in [-0.05, 0) is 92.9 Å². The van der Waals surface area contributed by atoms with Crippen LogP contribution in [0.2, 0.25) is 10.0 Å². The van der Waals surface area contributed by atoms with Crippen LogP contribution < -0.4 is 16.0 Å². The predicted octanol–water partition coefficient (Wildman–Crippen LogP) is 5.55. The lowest BCUT2D eigenvalue weighted by Gasteiger charge is -2.48. The molecule has 1 aromatic rings. The number of halogens is 9. The highest BCUT2D eigenvalue weighted by Gasteiger charge is 2.75. The van der Waals surface area contributed by atoms with Gasteiger partial charge >= 0.3 is 6.18 Å². The first-order chi connectivity index (χ1) is 32.8. The summed E-state index contributed by atoms with van der Waals surface area (Å²) in [6.45, 7) is 2.31. The smallest absolute Gasteiger partial charge is 0.354 e. The van der Waals surface area contributed by atoms with E-state index < -0.39 is 146 Å². The zero-order chi connectivity index (χ0) is 51.2. The summed E-state index contributed by atoms with van der Waals surface area (Å²) >= 11 is 12.9. The average Bonchev–Trinajstić information content (AvgIpc) is 4.21. The summed E-state index contributed by atoms with van der Waals surface area (Å²) in [6.07, 6.45) is -11.2. The Balaban J connectivity index is 1.18. The molecule has 7 amide bonds. The topological polar surface area (TPSA) is 169 Å². The van der Waals surface area contributed by atoms with Crippen molar-refractivity contribution in [1.29, 1.82) is 0 Å². The van der Waals surface area contributed by atoms with Crippen molar-refractivity contribution in [3.8, 4) is 0 Å². The van der Waals surface area contributed by atoms with Crippen LogP contribution in [-0.4, -0.2) is 155 Å². The van der Waals surface area contributed by atoms with Crippen molar-refractivity contribution >= 4 is 64.6 Å². The second-order valence-electron chi connectivity index (χ2n) is 20.6. The zero-order valence-corrected chi connectivity index (χ0v) is 40.7. The molecule has 14 nitrogen and oxygen atoms in total. The minimum absolute atomic E-state index is 0.0149. The molecule has 7 rings (SSSR count). The normalized spacial score (nSPS) is 29.3. The number of hydrogen-bond acceptors (Lipinski definition) is 7. The molecular weight excluding hydrogens is 978 g/mol. The van der Waals surface area contributed by atoms with E-state index in [-0.39, 0.29) is 73.5 Å². The van der Waals surface area contributed by atoms with Crippen molar-refractivity contribution in [3.05, 3.63) is 33.8 Å². The average molecular weight is 1040 g/mol. The lowest BCUT2D eigenvalue weighted by Crippen LogP contribution is -2.65. The molecule has 70 heavy (non-hydrogen) atoms. The Morgan fingerprint density at radius 1 is 0.914 bits per heavy atom. The van der Waals surface area contributed by atoms with Gasteiger partial charge in [-0.15, -0.1) is 0 Å². The van der Waals surface area contributed by atoms with Gasteiger partial charge in [-0.2, -0.15) is 13.2 Å². The minimum Gasteiger partial charge on any atom is -0.354 e. The molecule has 3 aliphatic carbocycles. The fourth-order valence-electron chi connectivity index (χ4n) is 10.4. The largest absolute Gasteiger partial charge is 0.403 e. The molecule has 3 heterocycles. The molecule has 6 fully saturated rings. The minimum atomic E-state index is -5.43. The van der Waals surface area contributed by atoms with Gasteiger partial charge in [0.1, 0.15) is 48.6 Å². The molecule has 8 atom stereocenters. The Morgan fingerprint density at radius 3 is 2.20 bits per heavy atom. The third-order valence-corrected chi connectivity index (χ3v) is 15.1. The molecule has 3 N–H and O–H groups in total. The van der Waals surface area contributed by atoms with Crippen molar-refractivity contribution < 1.29 is 64.3 Å². The number of benzene rings is 1. The molecule has 0 bridgehead atoms. The van der Waals surface area contributed by atoms with Gasteiger partial charge in [0, 0.05) is 62.3 Å². The second-order valence-corrected chi connectivity index (χ2v) is 21.4. The van der Waals surface area contributed by atoms with Gasteiger partial charge in [-0.25, -0.2) is 17.6 Å². The molecule has 23 heteroatoms. The van der Waals surface area contributed by atoms with Crippen molar-refractivity contribution in [3.63, 3.8) is 0 Å². The number of likely N-dealkylation sites (tertiary alicyclic amines) is 1.